The lowest BCUT2D eigenvalue weighted by Crippen LogP contribution is -2.19. The van der Waals surface area contributed by atoms with Crippen LogP contribution in [0, 0.1) is 5.92 Å². The second kappa shape index (κ2) is 4.85. The van der Waals surface area contributed by atoms with Crippen molar-refractivity contribution >= 4 is 6.71 Å². The lowest BCUT2D eigenvalue weighted by molar-refractivity contribution is 0.566. The molecule has 0 bridgehead atoms. The molecule has 0 aromatic carbocycles. The minimum absolute atomic E-state index is 0.837. The molecule has 0 aromatic heterocycles. The van der Waals surface area contributed by atoms with Crippen LogP contribution in [0.25, 0.3) is 0 Å². The van der Waals surface area contributed by atoms with Gasteiger partial charge >= 0.3 is 0 Å². The van der Waals surface area contributed by atoms with Crippen molar-refractivity contribution in [2.24, 2.45) is 5.92 Å². The fourth-order valence-corrected chi connectivity index (χ4v) is 1.62. The summed E-state index contributed by atoms with van der Waals surface area (Å²) >= 11 is 0. The first-order valence-electron chi connectivity index (χ1n) is 4.95. The topological polar surface area (TPSA) is 0 Å². The van der Waals surface area contributed by atoms with Crippen molar-refractivity contribution in [3.05, 3.63) is 0 Å². The van der Waals surface area contributed by atoms with E-state index in [1.54, 1.807) is 0 Å². The standard InChI is InChI=1S/C10H23B/c1-8(2)7-10(5)11(6)9(3)4/h8-10H,7H2,1-6H3. The van der Waals surface area contributed by atoms with E-state index in [-0.39, 0.29) is 0 Å². The molecule has 0 spiro atoms. The van der Waals surface area contributed by atoms with Gasteiger partial charge in [-0.15, -0.1) is 0 Å². The third kappa shape index (κ3) is 4.50. The van der Waals surface area contributed by atoms with Gasteiger partial charge in [-0.3, -0.25) is 0 Å². The molecular weight excluding hydrogens is 131 g/mol. The van der Waals surface area contributed by atoms with E-state index in [1.807, 2.05) is 0 Å². The highest BCUT2D eigenvalue weighted by Crippen LogP contribution is 2.26. The zero-order chi connectivity index (χ0) is 9.02. The molecule has 0 aliphatic rings. The van der Waals surface area contributed by atoms with Gasteiger partial charge < -0.3 is 0 Å². The van der Waals surface area contributed by atoms with Gasteiger partial charge in [0.1, 0.15) is 6.71 Å². The van der Waals surface area contributed by atoms with Crippen LogP contribution in [0.1, 0.15) is 41.0 Å². The van der Waals surface area contributed by atoms with Crippen molar-refractivity contribution in [3.63, 3.8) is 0 Å². The Kier molecular flexibility index (Phi) is 4.87. The molecule has 0 aromatic rings. The van der Waals surface area contributed by atoms with Crippen LogP contribution in [-0.4, -0.2) is 6.71 Å². The van der Waals surface area contributed by atoms with Crippen LogP contribution in [0.3, 0.4) is 0 Å². The lowest BCUT2D eigenvalue weighted by Gasteiger charge is -2.21. The van der Waals surface area contributed by atoms with Crippen LogP contribution in [0.4, 0.5) is 0 Å². The van der Waals surface area contributed by atoms with Crippen molar-refractivity contribution in [2.75, 3.05) is 0 Å². The normalized spacial score (nSPS) is 14.2. The molecule has 1 unspecified atom stereocenters. The van der Waals surface area contributed by atoms with Gasteiger partial charge in [-0.1, -0.05) is 59.5 Å². The third-order valence-corrected chi connectivity index (χ3v) is 2.79. The molecule has 0 N–H and O–H groups in total. The monoisotopic (exact) mass is 154 g/mol. The molecule has 1 atom stereocenters. The first kappa shape index (κ1) is 11.1. The first-order valence-corrected chi connectivity index (χ1v) is 4.95. The fraction of sp³-hybridized carbons (Fsp3) is 1.00. The van der Waals surface area contributed by atoms with Crippen LogP contribution in [-0.2, 0) is 0 Å². The van der Waals surface area contributed by atoms with Gasteiger partial charge in [-0.05, 0) is 5.92 Å². The first-order chi connectivity index (χ1) is 4.95. The molecule has 0 aliphatic heterocycles. The summed E-state index contributed by atoms with van der Waals surface area (Å²) < 4.78 is 0. The summed E-state index contributed by atoms with van der Waals surface area (Å²) in [5, 5.41) is 0. The van der Waals surface area contributed by atoms with Crippen molar-refractivity contribution in [3.8, 4) is 0 Å². The molecule has 0 saturated carbocycles. The van der Waals surface area contributed by atoms with Gasteiger partial charge in [-0.25, -0.2) is 0 Å². The number of hydrogen-bond donors (Lipinski definition) is 0. The van der Waals surface area contributed by atoms with E-state index in [0.29, 0.717) is 0 Å². The van der Waals surface area contributed by atoms with Gasteiger partial charge in [0.2, 0.25) is 0 Å². The van der Waals surface area contributed by atoms with E-state index in [0.717, 1.165) is 24.3 Å². The molecule has 0 aliphatic carbocycles. The predicted molar refractivity (Wildman–Crippen MR) is 55.6 cm³/mol. The molecule has 11 heavy (non-hydrogen) atoms. The summed E-state index contributed by atoms with van der Waals surface area (Å²) in [6, 6.07) is 0. The number of rotatable bonds is 4. The van der Waals surface area contributed by atoms with Gasteiger partial charge in [0, 0.05) is 0 Å². The third-order valence-electron chi connectivity index (χ3n) is 2.79. The second-order valence-corrected chi connectivity index (χ2v) is 4.71. The van der Waals surface area contributed by atoms with E-state index in [4.69, 9.17) is 0 Å². The van der Waals surface area contributed by atoms with Crippen LogP contribution < -0.4 is 0 Å². The van der Waals surface area contributed by atoms with E-state index >= 15 is 0 Å². The maximum Gasteiger partial charge on any atom is 0.142 e. The smallest absolute Gasteiger partial charge is 0.0857 e. The van der Waals surface area contributed by atoms with E-state index in [2.05, 4.69) is 41.4 Å². The second-order valence-electron chi connectivity index (χ2n) is 4.71. The van der Waals surface area contributed by atoms with Crippen molar-refractivity contribution in [2.45, 2.75) is 59.5 Å². The summed E-state index contributed by atoms with van der Waals surface area (Å²) in [5.74, 6) is 2.57. The highest BCUT2D eigenvalue weighted by atomic mass is 14.0. The van der Waals surface area contributed by atoms with Gasteiger partial charge in [0.25, 0.3) is 0 Å². The van der Waals surface area contributed by atoms with Gasteiger partial charge in [0.15, 0.2) is 0 Å². The molecule has 1 heteroatoms. The molecular formula is C10H23B. The maximum atomic E-state index is 2.38. The summed E-state index contributed by atoms with van der Waals surface area (Å²) in [6.07, 6.45) is 1.37. The summed E-state index contributed by atoms with van der Waals surface area (Å²) in [6.45, 7) is 14.9. The van der Waals surface area contributed by atoms with E-state index in [1.165, 1.54) is 6.42 Å². The Hall–Kier alpha value is 0.0649. The summed E-state index contributed by atoms with van der Waals surface area (Å²) in [5.41, 5.74) is 0. The highest BCUT2D eigenvalue weighted by Gasteiger charge is 2.19. The van der Waals surface area contributed by atoms with Crippen LogP contribution in [0.5, 0.6) is 0 Å². The van der Waals surface area contributed by atoms with Crippen molar-refractivity contribution in [1.82, 2.24) is 0 Å². The van der Waals surface area contributed by atoms with Crippen LogP contribution in [0.15, 0.2) is 0 Å². The van der Waals surface area contributed by atoms with Gasteiger partial charge in [-0.2, -0.15) is 0 Å². The van der Waals surface area contributed by atoms with Crippen LogP contribution >= 0.6 is 0 Å². The van der Waals surface area contributed by atoms with Gasteiger partial charge in [0.05, 0.1) is 0 Å². The molecule has 0 nitrogen and oxygen atoms in total. The lowest BCUT2D eigenvalue weighted by atomic mass is 9.36. The molecule has 0 amide bonds. The van der Waals surface area contributed by atoms with Crippen molar-refractivity contribution in [1.29, 1.82) is 0 Å². The summed E-state index contributed by atoms with van der Waals surface area (Å²) in [7, 11) is 0. The quantitative estimate of drug-likeness (QED) is 0.537. The fourth-order valence-electron chi connectivity index (χ4n) is 1.62. The van der Waals surface area contributed by atoms with E-state index < -0.39 is 0 Å². The Balaban J connectivity index is 3.73. The largest absolute Gasteiger partial charge is 0.142 e. The zero-order valence-electron chi connectivity index (χ0n) is 9.02. The Bertz CT molecular complexity index is 97.0. The minimum atomic E-state index is 0.837. The Morgan fingerprint density at radius 2 is 1.45 bits per heavy atom. The van der Waals surface area contributed by atoms with Crippen molar-refractivity contribution < 1.29 is 0 Å². The highest BCUT2D eigenvalue weighted by molar-refractivity contribution is 6.60. The number of hydrogen-bond acceptors (Lipinski definition) is 0. The van der Waals surface area contributed by atoms with E-state index in [9.17, 15) is 0 Å². The minimum Gasteiger partial charge on any atom is -0.0857 e. The Morgan fingerprint density at radius 3 is 1.73 bits per heavy atom. The summed E-state index contributed by atoms with van der Waals surface area (Å²) in [4.78, 5) is 0. The average Bonchev–Trinajstić information content (AvgIpc) is 1.84. The SMILES string of the molecule is CB(C(C)C)C(C)CC(C)C. The predicted octanol–water partition coefficient (Wildman–Crippen LogP) is 3.96. The molecule has 0 saturated heterocycles. The van der Waals surface area contributed by atoms with Crippen LogP contribution in [0.2, 0.25) is 18.5 Å². The Labute approximate surface area is 72.8 Å². The Morgan fingerprint density at radius 1 is 1.00 bits per heavy atom. The molecule has 0 rings (SSSR count). The molecule has 66 valence electrons. The average molecular weight is 154 g/mol. The molecule has 0 radical (unpaired) electrons. The molecule has 0 heterocycles. The zero-order valence-corrected chi connectivity index (χ0v) is 9.02. The molecule has 0 fully saturated rings. The maximum absolute atomic E-state index is 2.38.